The molecule has 2 aromatic rings. The monoisotopic (exact) mass is 315 g/mol. The summed E-state index contributed by atoms with van der Waals surface area (Å²) in [5.74, 6) is 1.84. The summed E-state index contributed by atoms with van der Waals surface area (Å²) >= 11 is 0. The molecule has 1 N–H and O–H groups in total. The molecule has 23 heavy (non-hydrogen) atoms. The number of anilines is 2. The molecule has 0 saturated carbocycles. The van der Waals surface area contributed by atoms with Gasteiger partial charge in [-0.1, -0.05) is 0 Å². The topological polar surface area (TPSA) is 74.5 Å². The Morgan fingerprint density at radius 2 is 2.04 bits per heavy atom. The molecule has 1 saturated heterocycles. The zero-order valence-electron chi connectivity index (χ0n) is 13.4. The number of amides is 1. The van der Waals surface area contributed by atoms with Crippen molar-refractivity contribution >= 4 is 17.7 Å². The van der Waals surface area contributed by atoms with Crippen LogP contribution >= 0.6 is 0 Å². The van der Waals surface area contributed by atoms with Crippen molar-refractivity contribution in [1.29, 1.82) is 0 Å². The van der Waals surface area contributed by atoms with Crippen molar-refractivity contribution in [2.75, 3.05) is 36.4 Å². The van der Waals surface area contributed by atoms with Crippen molar-refractivity contribution in [3.63, 3.8) is 0 Å². The van der Waals surface area contributed by atoms with E-state index in [-0.39, 0.29) is 5.91 Å². The van der Waals surface area contributed by atoms with Crippen LogP contribution in [0.4, 0.5) is 11.8 Å². The van der Waals surface area contributed by atoms with Crippen LogP contribution in [0.25, 0.3) is 0 Å². The van der Waals surface area contributed by atoms with Crippen LogP contribution in [-0.4, -0.2) is 53.0 Å². The molecular formula is C16H21N5O2. The van der Waals surface area contributed by atoms with E-state index in [1.807, 2.05) is 6.07 Å². The molecule has 1 aliphatic heterocycles. The molecule has 1 amide bonds. The third kappa shape index (κ3) is 3.61. The van der Waals surface area contributed by atoms with Crippen LogP contribution in [0.1, 0.15) is 24.4 Å². The summed E-state index contributed by atoms with van der Waals surface area (Å²) in [7, 11) is 0. The first-order valence-corrected chi connectivity index (χ1v) is 7.81. The van der Waals surface area contributed by atoms with Crippen molar-refractivity contribution in [3.05, 3.63) is 36.4 Å². The number of hydrogen-bond donors (Lipinski definition) is 1. The Morgan fingerprint density at radius 1 is 1.26 bits per heavy atom. The Labute approximate surface area is 135 Å². The molecule has 1 aliphatic rings. The quantitative estimate of drug-likeness (QED) is 0.928. The first-order valence-electron chi connectivity index (χ1n) is 7.81. The maximum atomic E-state index is 12.3. The van der Waals surface area contributed by atoms with Crippen LogP contribution in [-0.2, 0) is 0 Å². The van der Waals surface area contributed by atoms with Gasteiger partial charge in [0.25, 0.3) is 5.91 Å². The predicted molar refractivity (Wildman–Crippen MR) is 87.6 cm³/mol. The molecule has 0 aliphatic carbocycles. The lowest BCUT2D eigenvalue weighted by Crippen LogP contribution is -2.49. The molecule has 0 atom stereocenters. The van der Waals surface area contributed by atoms with Crippen LogP contribution < -0.4 is 10.2 Å². The minimum atomic E-state index is -0.0641. The fourth-order valence-corrected chi connectivity index (χ4v) is 2.54. The molecule has 2 aromatic heterocycles. The van der Waals surface area contributed by atoms with E-state index in [4.69, 9.17) is 4.42 Å². The van der Waals surface area contributed by atoms with E-state index in [0.29, 0.717) is 43.9 Å². The maximum absolute atomic E-state index is 12.3. The Bertz CT molecular complexity index is 648. The molecule has 3 heterocycles. The summed E-state index contributed by atoms with van der Waals surface area (Å²) in [5.41, 5.74) is 0. The smallest absolute Gasteiger partial charge is 0.289 e. The molecule has 0 bridgehead atoms. The highest BCUT2D eigenvalue weighted by Gasteiger charge is 2.24. The third-order valence-electron chi connectivity index (χ3n) is 3.66. The second-order valence-corrected chi connectivity index (χ2v) is 5.80. The van der Waals surface area contributed by atoms with Crippen LogP contribution in [0.3, 0.4) is 0 Å². The van der Waals surface area contributed by atoms with Gasteiger partial charge in [-0.3, -0.25) is 4.79 Å². The SMILES string of the molecule is CC(C)Nc1ccnc(N2CCN(C(=O)c3ccco3)CC2)n1. The van der Waals surface area contributed by atoms with E-state index in [0.717, 1.165) is 5.82 Å². The van der Waals surface area contributed by atoms with E-state index in [1.54, 1.807) is 23.2 Å². The van der Waals surface area contributed by atoms with Gasteiger partial charge in [-0.2, -0.15) is 4.98 Å². The van der Waals surface area contributed by atoms with Crippen molar-refractivity contribution in [2.45, 2.75) is 19.9 Å². The van der Waals surface area contributed by atoms with Crippen LogP contribution in [0.15, 0.2) is 35.1 Å². The largest absolute Gasteiger partial charge is 0.459 e. The highest BCUT2D eigenvalue weighted by atomic mass is 16.3. The fourth-order valence-electron chi connectivity index (χ4n) is 2.54. The van der Waals surface area contributed by atoms with Crippen molar-refractivity contribution < 1.29 is 9.21 Å². The molecule has 7 heteroatoms. The Balaban J connectivity index is 1.61. The normalized spacial score (nSPS) is 15.1. The molecule has 0 aromatic carbocycles. The number of carbonyl (C=O) groups is 1. The Hall–Kier alpha value is -2.57. The molecule has 3 rings (SSSR count). The summed E-state index contributed by atoms with van der Waals surface area (Å²) < 4.78 is 5.17. The predicted octanol–water partition coefficient (Wildman–Crippen LogP) is 1.85. The standard InChI is InChI=1S/C16H21N5O2/c1-12(2)18-14-5-6-17-16(19-14)21-9-7-20(8-10-21)15(22)13-4-3-11-23-13/h3-6,11-12H,7-10H2,1-2H3,(H,17,18,19). The number of piperazine rings is 1. The van der Waals surface area contributed by atoms with Gasteiger partial charge in [0, 0.05) is 38.4 Å². The van der Waals surface area contributed by atoms with Crippen molar-refractivity contribution in [2.24, 2.45) is 0 Å². The molecule has 0 radical (unpaired) electrons. The summed E-state index contributed by atoms with van der Waals surface area (Å²) in [4.78, 5) is 25.0. The van der Waals surface area contributed by atoms with E-state index in [1.165, 1.54) is 6.26 Å². The van der Waals surface area contributed by atoms with Gasteiger partial charge in [0.2, 0.25) is 5.95 Å². The molecule has 1 fully saturated rings. The van der Waals surface area contributed by atoms with Gasteiger partial charge in [0.1, 0.15) is 5.82 Å². The highest BCUT2D eigenvalue weighted by molar-refractivity contribution is 5.91. The first-order chi connectivity index (χ1) is 11.1. The van der Waals surface area contributed by atoms with E-state index >= 15 is 0 Å². The van der Waals surface area contributed by atoms with Crippen molar-refractivity contribution in [3.8, 4) is 0 Å². The minimum Gasteiger partial charge on any atom is -0.459 e. The lowest BCUT2D eigenvalue weighted by molar-refractivity contribution is 0.0714. The Kier molecular flexibility index (Phi) is 4.45. The van der Waals surface area contributed by atoms with Gasteiger partial charge < -0.3 is 19.5 Å². The highest BCUT2D eigenvalue weighted by Crippen LogP contribution is 2.15. The van der Waals surface area contributed by atoms with Crippen LogP contribution in [0.2, 0.25) is 0 Å². The summed E-state index contributed by atoms with van der Waals surface area (Å²) in [5, 5.41) is 3.28. The second kappa shape index (κ2) is 6.68. The van der Waals surface area contributed by atoms with Crippen molar-refractivity contribution in [1.82, 2.24) is 14.9 Å². The van der Waals surface area contributed by atoms with E-state index in [9.17, 15) is 4.79 Å². The number of hydrogen-bond acceptors (Lipinski definition) is 6. The number of carbonyl (C=O) groups excluding carboxylic acids is 1. The number of furan rings is 1. The van der Waals surface area contributed by atoms with Gasteiger partial charge in [-0.05, 0) is 32.0 Å². The van der Waals surface area contributed by atoms with Gasteiger partial charge in [0.05, 0.1) is 6.26 Å². The summed E-state index contributed by atoms with van der Waals surface area (Å²) in [6, 6.07) is 5.60. The maximum Gasteiger partial charge on any atom is 0.289 e. The van der Waals surface area contributed by atoms with Gasteiger partial charge >= 0.3 is 0 Å². The van der Waals surface area contributed by atoms with E-state index < -0.39 is 0 Å². The zero-order valence-corrected chi connectivity index (χ0v) is 13.4. The average molecular weight is 315 g/mol. The summed E-state index contributed by atoms with van der Waals surface area (Å²) in [6.07, 6.45) is 3.28. The Morgan fingerprint density at radius 3 is 2.70 bits per heavy atom. The zero-order chi connectivity index (χ0) is 16.2. The number of aromatic nitrogens is 2. The summed E-state index contributed by atoms with van der Waals surface area (Å²) in [6.45, 7) is 6.81. The lowest BCUT2D eigenvalue weighted by atomic mass is 10.3. The second-order valence-electron chi connectivity index (χ2n) is 5.80. The molecular weight excluding hydrogens is 294 g/mol. The molecule has 0 spiro atoms. The third-order valence-corrected chi connectivity index (χ3v) is 3.66. The van der Waals surface area contributed by atoms with Gasteiger partial charge in [-0.15, -0.1) is 0 Å². The van der Waals surface area contributed by atoms with Crippen LogP contribution in [0.5, 0.6) is 0 Å². The average Bonchev–Trinajstić information content (AvgIpc) is 3.08. The van der Waals surface area contributed by atoms with Crippen LogP contribution in [0, 0.1) is 0 Å². The lowest BCUT2D eigenvalue weighted by Gasteiger charge is -2.34. The molecule has 122 valence electrons. The first kappa shape index (κ1) is 15.3. The number of nitrogens with one attached hydrogen (secondary N) is 1. The molecule has 0 unspecified atom stereocenters. The minimum absolute atomic E-state index is 0.0641. The van der Waals surface area contributed by atoms with E-state index in [2.05, 4.69) is 34.0 Å². The fraction of sp³-hybridized carbons (Fsp3) is 0.438. The number of nitrogens with zero attached hydrogens (tertiary/aromatic N) is 4. The van der Waals surface area contributed by atoms with Gasteiger partial charge in [0.15, 0.2) is 5.76 Å². The number of rotatable bonds is 4. The molecule has 7 nitrogen and oxygen atoms in total. The van der Waals surface area contributed by atoms with Gasteiger partial charge in [-0.25, -0.2) is 4.98 Å².